The van der Waals surface area contributed by atoms with Gasteiger partial charge in [0.2, 0.25) is 10.0 Å². The monoisotopic (exact) mass is 424 g/mol. The molecule has 3 aromatic rings. The van der Waals surface area contributed by atoms with E-state index < -0.39 is 27.9 Å². The number of carboxylic acid groups (broad SMARTS) is 1. The van der Waals surface area contributed by atoms with Crippen LogP contribution in [0.5, 0.6) is 0 Å². The molecule has 1 atom stereocenters. The molecule has 0 saturated heterocycles. The molecule has 0 aliphatic heterocycles. The smallest absolute Gasteiger partial charge is 0.341 e. The van der Waals surface area contributed by atoms with Gasteiger partial charge in [-0.2, -0.15) is 0 Å². The lowest BCUT2D eigenvalue weighted by Gasteiger charge is -2.12. The van der Waals surface area contributed by atoms with Gasteiger partial charge in [-0.1, -0.05) is 16.8 Å². The summed E-state index contributed by atoms with van der Waals surface area (Å²) in [4.78, 5) is 11.7. The second kappa shape index (κ2) is 7.70. The van der Waals surface area contributed by atoms with Crippen molar-refractivity contribution in [3.8, 4) is 11.3 Å². The fourth-order valence-corrected chi connectivity index (χ4v) is 3.91. The number of nitrogens with zero attached hydrogens (tertiary/aromatic N) is 1. The summed E-state index contributed by atoms with van der Waals surface area (Å²) < 4.78 is 45.6. The molecule has 1 aromatic heterocycles. The summed E-state index contributed by atoms with van der Waals surface area (Å²) in [6.45, 7) is 1.43. The molecule has 10 heteroatoms. The van der Waals surface area contributed by atoms with Gasteiger partial charge in [0.25, 0.3) is 0 Å². The first-order valence-corrected chi connectivity index (χ1v) is 9.82. The largest absolute Gasteiger partial charge is 0.477 e. The quantitative estimate of drug-likeness (QED) is 0.621. The van der Waals surface area contributed by atoms with Gasteiger partial charge in [0.05, 0.1) is 10.9 Å². The highest BCUT2D eigenvalue weighted by atomic mass is 35.5. The van der Waals surface area contributed by atoms with Gasteiger partial charge < -0.3 is 9.63 Å². The van der Waals surface area contributed by atoms with Crippen molar-refractivity contribution in [2.75, 3.05) is 0 Å². The topological polar surface area (TPSA) is 110 Å². The summed E-state index contributed by atoms with van der Waals surface area (Å²) in [6, 6.07) is 9.46. The molecule has 0 aliphatic carbocycles. The zero-order chi connectivity index (χ0) is 20.5. The third-order valence-electron chi connectivity index (χ3n) is 3.90. The minimum Gasteiger partial charge on any atom is -0.477 e. The van der Waals surface area contributed by atoms with Gasteiger partial charge >= 0.3 is 5.97 Å². The van der Waals surface area contributed by atoms with E-state index >= 15 is 0 Å². The third kappa shape index (κ3) is 4.06. The van der Waals surface area contributed by atoms with Crippen molar-refractivity contribution in [2.45, 2.75) is 17.9 Å². The van der Waals surface area contributed by atoms with Crippen LogP contribution in [-0.2, 0) is 10.0 Å². The van der Waals surface area contributed by atoms with Crippen LogP contribution in [0.4, 0.5) is 4.39 Å². The summed E-state index contributed by atoms with van der Waals surface area (Å²) in [6.07, 6.45) is 0. The predicted octanol–water partition coefficient (Wildman–Crippen LogP) is 3.87. The maximum atomic E-state index is 13.1. The predicted molar refractivity (Wildman–Crippen MR) is 99.0 cm³/mol. The first kappa shape index (κ1) is 20.0. The molecule has 2 aromatic carbocycles. The van der Waals surface area contributed by atoms with Gasteiger partial charge in [0, 0.05) is 10.6 Å². The number of hydrogen-bond acceptors (Lipinski definition) is 5. The van der Waals surface area contributed by atoms with Crippen molar-refractivity contribution in [2.24, 2.45) is 0 Å². The molecule has 0 amide bonds. The van der Waals surface area contributed by atoms with Crippen LogP contribution in [0.2, 0.25) is 5.02 Å². The van der Waals surface area contributed by atoms with E-state index in [1.54, 1.807) is 0 Å². The van der Waals surface area contributed by atoms with Crippen molar-refractivity contribution in [1.82, 2.24) is 9.88 Å². The van der Waals surface area contributed by atoms with Crippen molar-refractivity contribution in [3.63, 3.8) is 0 Å². The van der Waals surface area contributed by atoms with Crippen LogP contribution in [-0.4, -0.2) is 24.7 Å². The molecule has 7 nitrogen and oxygen atoms in total. The lowest BCUT2D eigenvalue weighted by molar-refractivity contribution is 0.0694. The molecular formula is C18H14ClFN2O5S. The molecule has 0 aliphatic rings. The van der Waals surface area contributed by atoms with Gasteiger partial charge in [-0.3, -0.25) is 0 Å². The number of sulfonamides is 1. The van der Waals surface area contributed by atoms with Crippen LogP contribution in [0.15, 0.2) is 57.9 Å². The Labute approximate surface area is 164 Å². The third-order valence-corrected chi connectivity index (χ3v) is 5.71. The molecule has 2 N–H and O–H groups in total. The number of halogens is 2. The molecule has 0 bridgehead atoms. The van der Waals surface area contributed by atoms with Crippen LogP contribution in [0.3, 0.4) is 0 Å². The number of aromatic nitrogens is 1. The minimum absolute atomic E-state index is 0.0277. The average molecular weight is 425 g/mol. The second-order valence-corrected chi connectivity index (χ2v) is 8.03. The van der Waals surface area contributed by atoms with Gasteiger partial charge in [-0.05, 0) is 55.5 Å². The van der Waals surface area contributed by atoms with E-state index in [1.165, 1.54) is 43.3 Å². The van der Waals surface area contributed by atoms with Crippen molar-refractivity contribution < 1.29 is 27.2 Å². The first-order chi connectivity index (χ1) is 13.2. The first-order valence-electron chi connectivity index (χ1n) is 7.96. The molecule has 0 unspecified atom stereocenters. The molecule has 0 spiro atoms. The average Bonchev–Trinajstić information content (AvgIpc) is 3.08. The number of aromatic carboxylic acids is 1. The number of rotatable bonds is 6. The Balaban J connectivity index is 1.95. The Bertz CT molecular complexity index is 1110. The van der Waals surface area contributed by atoms with E-state index in [9.17, 15) is 22.7 Å². The van der Waals surface area contributed by atoms with E-state index in [2.05, 4.69) is 9.88 Å². The van der Waals surface area contributed by atoms with E-state index in [1.807, 2.05) is 0 Å². The van der Waals surface area contributed by atoms with E-state index in [0.29, 0.717) is 10.6 Å². The second-order valence-electron chi connectivity index (χ2n) is 5.88. The minimum atomic E-state index is -3.97. The van der Waals surface area contributed by atoms with Crippen molar-refractivity contribution in [3.05, 3.63) is 70.7 Å². The summed E-state index contributed by atoms with van der Waals surface area (Å²) in [5.41, 5.74) is -0.0143. The van der Waals surface area contributed by atoms with E-state index in [4.69, 9.17) is 16.1 Å². The molecular weight excluding hydrogens is 411 g/mol. The highest BCUT2D eigenvalue weighted by molar-refractivity contribution is 7.89. The number of hydrogen-bond donors (Lipinski definition) is 2. The van der Waals surface area contributed by atoms with Crippen molar-refractivity contribution >= 4 is 27.6 Å². The summed E-state index contributed by atoms with van der Waals surface area (Å²) in [5, 5.41) is 13.7. The van der Waals surface area contributed by atoms with E-state index in [0.717, 1.165) is 12.1 Å². The molecule has 3 rings (SSSR count). The number of nitrogens with one attached hydrogen (secondary N) is 1. The van der Waals surface area contributed by atoms with E-state index in [-0.39, 0.29) is 21.9 Å². The SMILES string of the molecule is C[C@@H](NS(=O)(=O)c1ccc(Cl)cc1)c1onc(-c2ccc(F)cc2)c1C(=O)O. The van der Waals surface area contributed by atoms with Crippen molar-refractivity contribution in [1.29, 1.82) is 0 Å². The van der Waals surface area contributed by atoms with Gasteiger partial charge in [0.1, 0.15) is 17.1 Å². The van der Waals surface area contributed by atoms with Gasteiger partial charge in [0.15, 0.2) is 5.76 Å². The maximum Gasteiger partial charge on any atom is 0.341 e. The lowest BCUT2D eigenvalue weighted by atomic mass is 10.0. The maximum absolute atomic E-state index is 13.1. The number of carboxylic acids is 1. The normalized spacial score (nSPS) is 12.7. The Morgan fingerprint density at radius 2 is 1.79 bits per heavy atom. The molecule has 0 saturated carbocycles. The molecule has 0 fully saturated rings. The number of carbonyl (C=O) groups is 1. The summed E-state index contributed by atoms with van der Waals surface area (Å²) >= 11 is 5.76. The Morgan fingerprint density at radius 3 is 2.36 bits per heavy atom. The summed E-state index contributed by atoms with van der Waals surface area (Å²) in [5.74, 6) is -2.02. The van der Waals surface area contributed by atoms with Crippen LogP contribution in [0, 0.1) is 5.82 Å². The zero-order valence-electron chi connectivity index (χ0n) is 14.4. The van der Waals surface area contributed by atoms with Crippen LogP contribution < -0.4 is 4.72 Å². The highest BCUT2D eigenvalue weighted by Gasteiger charge is 2.30. The Hall–Kier alpha value is -2.75. The highest BCUT2D eigenvalue weighted by Crippen LogP contribution is 2.30. The summed E-state index contributed by atoms with van der Waals surface area (Å²) in [7, 11) is -3.97. The fourth-order valence-electron chi connectivity index (χ4n) is 2.58. The Kier molecular flexibility index (Phi) is 5.50. The Morgan fingerprint density at radius 1 is 1.18 bits per heavy atom. The van der Waals surface area contributed by atoms with Crippen LogP contribution >= 0.6 is 11.6 Å². The van der Waals surface area contributed by atoms with Gasteiger partial charge in [-0.25, -0.2) is 22.3 Å². The lowest BCUT2D eigenvalue weighted by Crippen LogP contribution is -2.27. The van der Waals surface area contributed by atoms with Gasteiger partial charge in [-0.15, -0.1) is 0 Å². The van der Waals surface area contributed by atoms with Crippen LogP contribution in [0.25, 0.3) is 11.3 Å². The standard InChI is InChI=1S/C18H14ClFN2O5S/c1-10(22-28(25,26)14-8-4-12(19)5-9-14)17-15(18(23)24)16(21-27-17)11-2-6-13(20)7-3-11/h2-10,22H,1H3,(H,23,24)/t10-/m1/s1. The molecule has 1 heterocycles. The number of benzene rings is 2. The van der Waals surface area contributed by atoms with Crippen LogP contribution in [0.1, 0.15) is 29.1 Å². The molecule has 146 valence electrons. The molecule has 28 heavy (non-hydrogen) atoms. The molecule has 0 radical (unpaired) electrons. The zero-order valence-corrected chi connectivity index (χ0v) is 16.0. The fraction of sp³-hybridized carbons (Fsp3) is 0.111.